The second-order valence-corrected chi connectivity index (χ2v) is 3.96. The Morgan fingerprint density at radius 3 is 2.83 bits per heavy atom. The van der Waals surface area contributed by atoms with Gasteiger partial charge in [0, 0.05) is 18.5 Å². The van der Waals surface area contributed by atoms with Gasteiger partial charge in [0.2, 0.25) is 0 Å². The average molecular weight is 182 g/mol. The van der Waals surface area contributed by atoms with Crippen molar-refractivity contribution in [3.63, 3.8) is 0 Å². The number of thiazole rings is 1. The van der Waals surface area contributed by atoms with Crippen molar-refractivity contribution >= 4 is 17.2 Å². The average Bonchev–Trinajstić information content (AvgIpc) is 2.31. The maximum Gasteiger partial charge on any atom is 0.273 e. The largest absolute Gasteiger partial charge is 0.337 e. The summed E-state index contributed by atoms with van der Waals surface area (Å²) in [6.07, 6.45) is 1.13. The van der Waals surface area contributed by atoms with Crippen molar-refractivity contribution in [1.29, 1.82) is 0 Å². The molecule has 0 aromatic carbocycles. The van der Waals surface area contributed by atoms with Crippen LogP contribution >= 0.6 is 11.3 Å². The predicted molar refractivity (Wildman–Crippen MR) is 47.4 cm³/mol. The van der Waals surface area contributed by atoms with Gasteiger partial charge in [0.25, 0.3) is 5.91 Å². The first-order valence-electron chi connectivity index (χ1n) is 3.99. The highest BCUT2D eigenvalue weighted by molar-refractivity contribution is 7.09. The van der Waals surface area contributed by atoms with Gasteiger partial charge >= 0.3 is 0 Å². The number of amides is 1. The minimum atomic E-state index is 0.0885. The Balaban J connectivity index is 2.13. The van der Waals surface area contributed by atoms with Crippen LogP contribution in [0, 0.1) is 6.92 Å². The van der Waals surface area contributed by atoms with Crippen molar-refractivity contribution < 1.29 is 4.79 Å². The van der Waals surface area contributed by atoms with Crippen LogP contribution in [0.15, 0.2) is 5.38 Å². The lowest BCUT2D eigenvalue weighted by atomic mass is 10.2. The summed E-state index contributed by atoms with van der Waals surface area (Å²) in [5.74, 6) is 0.0885. The Kier molecular flexibility index (Phi) is 1.84. The molecule has 0 bridgehead atoms. The van der Waals surface area contributed by atoms with Crippen molar-refractivity contribution in [3.05, 3.63) is 16.1 Å². The fraction of sp³-hybridized carbons (Fsp3) is 0.500. The number of hydrogen-bond acceptors (Lipinski definition) is 3. The fourth-order valence-corrected chi connectivity index (χ4v) is 1.73. The van der Waals surface area contributed by atoms with Crippen LogP contribution in [0.2, 0.25) is 0 Å². The quantitative estimate of drug-likeness (QED) is 0.656. The molecule has 1 aromatic rings. The molecule has 1 fully saturated rings. The van der Waals surface area contributed by atoms with Crippen LogP contribution in [0.5, 0.6) is 0 Å². The molecule has 0 N–H and O–H groups in total. The lowest BCUT2D eigenvalue weighted by molar-refractivity contribution is 0.0646. The number of carbonyl (C=O) groups excluding carboxylic acids is 1. The molecule has 3 nitrogen and oxygen atoms in total. The topological polar surface area (TPSA) is 33.2 Å². The van der Waals surface area contributed by atoms with Gasteiger partial charge < -0.3 is 4.90 Å². The van der Waals surface area contributed by atoms with Crippen LogP contribution < -0.4 is 0 Å². The van der Waals surface area contributed by atoms with E-state index in [4.69, 9.17) is 0 Å². The molecule has 0 atom stereocenters. The number of likely N-dealkylation sites (tertiary alicyclic amines) is 1. The van der Waals surface area contributed by atoms with Gasteiger partial charge in [-0.25, -0.2) is 4.98 Å². The second kappa shape index (κ2) is 2.86. The van der Waals surface area contributed by atoms with E-state index in [0.29, 0.717) is 5.69 Å². The maximum absolute atomic E-state index is 11.5. The molecule has 12 heavy (non-hydrogen) atoms. The number of rotatable bonds is 1. The molecule has 1 aromatic heterocycles. The summed E-state index contributed by atoms with van der Waals surface area (Å²) in [5, 5.41) is 2.79. The number of hydrogen-bond donors (Lipinski definition) is 0. The zero-order chi connectivity index (χ0) is 8.55. The van der Waals surface area contributed by atoms with E-state index in [2.05, 4.69) is 4.98 Å². The van der Waals surface area contributed by atoms with E-state index in [1.165, 1.54) is 11.3 Å². The second-order valence-electron chi connectivity index (χ2n) is 2.90. The van der Waals surface area contributed by atoms with Crippen LogP contribution in [0.1, 0.15) is 21.9 Å². The molecule has 4 heteroatoms. The van der Waals surface area contributed by atoms with Gasteiger partial charge in [-0.05, 0) is 13.3 Å². The number of aryl methyl sites for hydroxylation is 1. The normalized spacial score (nSPS) is 15.9. The zero-order valence-corrected chi connectivity index (χ0v) is 7.73. The van der Waals surface area contributed by atoms with E-state index < -0.39 is 0 Å². The lowest BCUT2D eigenvalue weighted by Gasteiger charge is -2.29. The van der Waals surface area contributed by atoms with Crippen molar-refractivity contribution in [3.8, 4) is 0 Å². The maximum atomic E-state index is 11.5. The van der Waals surface area contributed by atoms with Gasteiger partial charge in [0.1, 0.15) is 5.69 Å². The molecular weight excluding hydrogens is 172 g/mol. The van der Waals surface area contributed by atoms with Gasteiger partial charge in [0.05, 0.1) is 5.01 Å². The van der Waals surface area contributed by atoms with E-state index >= 15 is 0 Å². The SMILES string of the molecule is Cc1nc(C(=O)N2CCC2)cs1. The predicted octanol–water partition coefficient (Wildman–Crippen LogP) is 1.30. The van der Waals surface area contributed by atoms with Crippen molar-refractivity contribution in [2.45, 2.75) is 13.3 Å². The molecule has 64 valence electrons. The first-order valence-corrected chi connectivity index (χ1v) is 4.87. The molecule has 1 amide bonds. The summed E-state index contributed by atoms with van der Waals surface area (Å²) in [4.78, 5) is 17.5. The highest BCUT2D eigenvalue weighted by atomic mass is 32.1. The Morgan fingerprint density at radius 2 is 2.42 bits per heavy atom. The van der Waals surface area contributed by atoms with Crippen molar-refractivity contribution in [2.75, 3.05) is 13.1 Å². The Hall–Kier alpha value is -0.900. The van der Waals surface area contributed by atoms with Gasteiger partial charge in [0.15, 0.2) is 0 Å². The highest BCUT2D eigenvalue weighted by Gasteiger charge is 2.22. The third-order valence-corrected chi connectivity index (χ3v) is 2.75. The lowest BCUT2D eigenvalue weighted by Crippen LogP contribution is -2.42. The van der Waals surface area contributed by atoms with E-state index in [1.54, 1.807) is 0 Å². The number of nitrogens with zero attached hydrogens (tertiary/aromatic N) is 2. The standard InChI is InChI=1S/C8H10N2OS/c1-6-9-7(5-12-6)8(11)10-3-2-4-10/h5H,2-4H2,1H3. The minimum absolute atomic E-state index is 0.0885. The molecule has 2 heterocycles. The first-order chi connectivity index (χ1) is 5.77. The van der Waals surface area contributed by atoms with Crippen LogP contribution in [0.4, 0.5) is 0 Å². The van der Waals surface area contributed by atoms with E-state index in [9.17, 15) is 4.79 Å². The summed E-state index contributed by atoms with van der Waals surface area (Å²) < 4.78 is 0. The van der Waals surface area contributed by atoms with Gasteiger partial charge in [-0.1, -0.05) is 0 Å². The zero-order valence-electron chi connectivity index (χ0n) is 6.91. The van der Waals surface area contributed by atoms with E-state index in [0.717, 1.165) is 24.5 Å². The molecule has 1 aliphatic heterocycles. The minimum Gasteiger partial charge on any atom is -0.337 e. The van der Waals surface area contributed by atoms with Crippen LogP contribution in [-0.4, -0.2) is 28.9 Å². The van der Waals surface area contributed by atoms with Crippen LogP contribution in [0.25, 0.3) is 0 Å². The number of aromatic nitrogens is 1. The Morgan fingerprint density at radius 1 is 1.67 bits per heavy atom. The monoisotopic (exact) mass is 182 g/mol. The molecule has 2 rings (SSSR count). The first kappa shape index (κ1) is 7.73. The van der Waals surface area contributed by atoms with Crippen molar-refractivity contribution in [1.82, 2.24) is 9.88 Å². The fourth-order valence-electron chi connectivity index (χ4n) is 1.14. The van der Waals surface area contributed by atoms with E-state index in [-0.39, 0.29) is 5.91 Å². The summed E-state index contributed by atoms with van der Waals surface area (Å²) in [6.45, 7) is 3.71. The smallest absolute Gasteiger partial charge is 0.273 e. The summed E-state index contributed by atoms with van der Waals surface area (Å²) >= 11 is 1.53. The number of carbonyl (C=O) groups is 1. The van der Waals surface area contributed by atoms with Crippen LogP contribution in [-0.2, 0) is 0 Å². The molecule has 0 unspecified atom stereocenters. The Labute approximate surface area is 75.0 Å². The summed E-state index contributed by atoms with van der Waals surface area (Å²) in [7, 11) is 0. The molecule has 1 saturated heterocycles. The van der Waals surface area contributed by atoms with Crippen LogP contribution in [0.3, 0.4) is 0 Å². The summed E-state index contributed by atoms with van der Waals surface area (Å²) in [6, 6.07) is 0. The highest BCUT2D eigenvalue weighted by Crippen LogP contribution is 2.14. The molecule has 0 radical (unpaired) electrons. The third-order valence-electron chi connectivity index (χ3n) is 1.98. The Bertz CT molecular complexity index is 304. The van der Waals surface area contributed by atoms with Crippen molar-refractivity contribution in [2.24, 2.45) is 0 Å². The molecule has 0 spiro atoms. The molecular formula is C8H10N2OS. The molecule has 1 aliphatic rings. The summed E-state index contributed by atoms with van der Waals surface area (Å²) in [5.41, 5.74) is 0.609. The third kappa shape index (κ3) is 1.22. The van der Waals surface area contributed by atoms with Gasteiger partial charge in [-0.2, -0.15) is 0 Å². The van der Waals surface area contributed by atoms with E-state index in [1.807, 2.05) is 17.2 Å². The van der Waals surface area contributed by atoms with Gasteiger partial charge in [-0.15, -0.1) is 11.3 Å². The molecule has 0 aliphatic carbocycles. The molecule has 0 saturated carbocycles. The van der Waals surface area contributed by atoms with Gasteiger partial charge in [-0.3, -0.25) is 4.79 Å².